The molecule has 2 aromatic rings. The summed E-state index contributed by atoms with van der Waals surface area (Å²) >= 11 is 0. The van der Waals surface area contributed by atoms with Crippen LogP contribution in [0.25, 0.3) is 11.4 Å². The van der Waals surface area contributed by atoms with E-state index in [4.69, 9.17) is 4.74 Å². The Morgan fingerprint density at radius 1 is 1.09 bits per heavy atom. The fourth-order valence-electron chi connectivity index (χ4n) is 3.01. The molecule has 2 heterocycles. The Bertz CT molecular complexity index is 604. The van der Waals surface area contributed by atoms with E-state index in [2.05, 4.69) is 53.0 Å². The summed E-state index contributed by atoms with van der Waals surface area (Å²) in [5.74, 6) is 0.801. The Labute approximate surface area is 138 Å². The maximum absolute atomic E-state index is 5.43. The first-order valence-corrected chi connectivity index (χ1v) is 8.51. The van der Waals surface area contributed by atoms with Crippen LogP contribution in [0.15, 0.2) is 36.7 Å². The van der Waals surface area contributed by atoms with Crippen LogP contribution < -0.4 is 0 Å². The third kappa shape index (κ3) is 3.95. The van der Waals surface area contributed by atoms with E-state index in [0.29, 0.717) is 6.04 Å². The SMILES string of the molecule is CCCc1cnc(-c2ccc([C@H](C)N3CCOCC3)cc2)nc1. The second kappa shape index (κ2) is 7.66. The molecule has 1 atom stereocenters. The van der Waals surface area contributed by atoms with Gasteiger partial charge in [-0.2, -0.15) is 0 Å². The molecule has 3 rings (SSSR count). The van der Waals surface area contributed by atoms with Crippen LogP contribution in [-0.2, 0) is 11.2 Å². The zero-order valence-electron chi connectivity index (χ0n) is 14.0. The lowest BCUT2D eigenvalue weighted by atomic mass is 10.0. The van der Waals surface area contributed by atoms with E-state index in [-0.39, 0.29) is 0 Å². The summed E-state index contributed by atoms with van der Waals surface area (Å²) in [6, 6.07) is 9.06. The Morgan fingerprint density at radius 3 is 2.35 bits per heavy atom. The van der Waals surface area contributed by atoms with Crippen molar-refractivity contribution in [2.75, 3.05) is 26.3 Å². The Morgan fingerprint density at radius 2 is 1.74 bits per heavy atom. The molecule has 122 valence electrons. The van der Waals surface area contributed by atoms with E-state index in [1.165, 1.54) is 11.1 Å². The summed E-state index contributed by atoms with van der Waals surface area (Å²) in [7, 11) is 0. The van der Waals surface area contributed by atoms with Crippen molar-refractivity contribution in [2.45, 2.75) is 32.7 Å². The maximum Gasteiger partial charge on any atom is 0.159 e. The van der Waals surface area contributed by atoms with Gasteiger partial charge < -0.3 is 4.74 Å². The topological polar surface area (TPSA) is 38.2 Å². The Kier molecular flexibility index (Phi) is 5.36. The van der Waals surface area contributed by atoms with E-state index >= 15 is 0 Å². The largest absolute Gasteiger partial charge is 0.379 e. The van der Waals surface area contributed by atoms with Crippen LogP contribution in [-0.4, -0.2) is 41.2 Å². The van der Waals surface area contributed by atoms with Gasteiger partial charge in [-0.25, -0.2) is 9.97 Å². The number of hydrogen-bond donors (Lipinski definition) is 0. The molecule has 4 nitrogen and oxygen atoms in total. The van der Waals surface area contributed by atoms with Crippen molar-refractivity contribution in [3.8, 4) is 11.4 Å². The molecule has 1 fully saturated rings. The highest BCUT2D eigenvalue weighted by Gasteiger charge is 2.18. The van der Waals surface area contributed by atoms with Gasteiger partial charge in [-0.15, -0.1) is 0 Å². The molecule has 23 heavy (non-hydrogen) atoms. The fourth-order valence-corrected chi connectivity index (χ4v) is 3.01. The molecule has 0 radical (unpaired) electrons. The van der Waals surface area contributed by atoms with Crippen LogP contribution in [0.4, 0.5) is 0 Å². The first-order chi connectivity index (χ1) is 11.3. The number of hydrogen-bond acceptors (Lipinski definition) is 4. The third-order valence-electron chi connectivity index (χ3n) is 4.49. The second-order valence-electron chi connectivity index (χ2n) is 6.11. The summed E-state index contributed by atoms with van der Waals surface area (Å²) < 4.78 is 5.43. The summed E-state index contributed by atoms with van der Waals surface area (Å²) in [6.45, 7) is 8.11. The number of ether oxygens (including phenoxy) is 1. The van der Waals surface area contributed by atoms with Gasteiger partial charge in [0.25, 0.3) is 0 Å². The van der Waals surface area contributed by atoms with Gasteiger partial charge in [0.1, 0.15) is 0 Å². The van der Waals surface area contributed by atoms with Crippen LogP contribution in [0.1, 0.15) is 37.4 Å². The van der Waals surface area contributed by atoms with Crippen LogP contribution in [0.2, 0.25) is 0 Å². The van der Waals surface area contributed by atoms with Crippen LogP contribution in [0.5, 0.6) is 0 Å². The van der Waals surface area contributed by atoms with E-state index < -0.39 is 0 Å². The van der Waals surface area contributed by atoms with Gasteiger partial charge in [0, 0.05) is 37.1 Å². The minimum atomic E-state index is 0.417. The van der Waals surface area contributed by atoms with Crippen molar-refractivity contribution < 1.29 is 4.74 Å². The highest BCUT2D eigenvalue weighted by molar-refractivity contribution is 5.55. The average molecular weight is 311 g/mol. The quantitative estimate of drug-likeness (QED) is 0.847. The molecule has 0 bridgehead atoms. The van der Waals surface area contributed by atoms with Crippen LogP contribution in [0.3, 0.4) is 0 Å². The number of benzene rings is 1. The van der Waals surface area contributed by atoms with Gasteiger partial charge in [0.05, 0.1) is 13.2 Å². The van der Waals surface area contributed by atoms with E-state index in [9.17, 15) is 0 Å². The molecule has 1 aromatic heterocycles. The van der Waals surface area contributed by atoms with Crippen molar-refractivity contribution in [3.63, 3.8) is 0 Å². The lowest BCUT2D eigenvalue weighted by Gasteiger charge is -2.32. The number of morpholine rings is 1. The molecule has 0 N–H and O–H groups in total. The highest BCUT2D eigenvalue weighted by atomic mass is 16.5. The first-order valence-electron chi connectivity index (χ1n) is 8.51. The van der Waals surface area contributed by atoms with Crippen LogP contribution >= 0.6 is 0 Å². The number of nitrogens with zero attached hydrogens (tertiary/aromatic N) is 3. The highest BCUT2D eigenvalue weighted by Crippen LogP contribution is 2.24. The van der Waals surface area contributed by atoms with Gasteiger partial charge in [-0.3, -0.25) is 4.90 Å². The molecule has 0 spiro atoms. The number of aryl methyl sites for hydroxylation is 1. The van der Waals surface area contributed by atoms with Crippen molar-refractivity contribution in [1.82, 2.24) is 14.9 Å². The Hall–Kier alpha value is -1.78. The molecule has 1 aliphatic rings. The zero-order chi connectivity index (χ0) is 16.1. The molecule has 1 aromatic carbocycles. The van der Waals surface area contributed by atoms with E-state index in [1.54, 1.807) is 0 Å². The molecule has 0 amide bonds. The van der Waals surface area contributed by atoms with Crippen LogP contribution in [0, 0.1) is 0 Å². The summed E-state index contributed by atoms with van der Waals surface area (Å²) in [6.07, 6.45) is 6.04. The molecule has 0 unspecified atom stereocenters. The second-order valence-corrected chi connectivity index (χ2v) is 6.11. The minimum absolute atomic E-state index is 0.417. The molecule has 1 saturated heterocycles. The molecule has 0 saturated carbocycles. The number of rotatable bonds is 5. The molecular weight excluding hydrogens is 286 g/mol. The van der Waals surface area contributed by atoms with Crippen molar-refractivity contribution in [3.05, 3.63) is 47.8 Å². The average Bonchev–Trinajstić information content (AvgIpc) is 2.63. The molecule has 0 aliphatic carbocycles. The van der Waals surface area contributed by atoms with Crippen molar-refractivity contribution in [2.24, 2.45) is 0 Å². The van der Waals surface area contributed by atoms with Gasteiger partial charge in [-0.1, -0.05) is 37.6 Å². The monoisotopic (exact) mass is 311 g/mol. The molecule has 4 heteroatoms. The van der Waals surface area contributed by atoms with Gasteiger partial charge in [-0.05, 0) is 24.5 Å². The maximum atomic E-state index is 5.43. The summed E-state index contributed by atoms with van der Waals surface area (Å²) in [5.41, 5.74) is 3.61. The lowest BCUT2D eigenvalue weighted by molar-refractivity contribution is 0.0198. The van der Waals surface area contributed by atoms with Gasteiger partial charge in [0.2, 0.25) is 0 Å². The predicted molar refractivity (Wildman–Crippen MR) is 92.3 cm³/mol. The fraction of sp³-hybridized carbons (Fsp3) is 0.474. The van der Waals surface area contributed by atoms with Crippen molar-refractivity contribution >= 4 is 0 Å². The minimum Gasteiger partial charge on any atom is -0.379 e. The number of aromatic nitrogens is 2. The first kappa shape index (κ1) is 16.1. The smallest absolute Gasteiger partial charge is 0.159 e. The van der Waals surface area contributed by atoms with Gasteiger partial charge in [0.15, 0.2) is 5.82 Å². The molecular formula is C19H25N3O. The predicted octanol–water partition coefficient (Wildman–Crippen LogP) is 3.49. The normalized spacial score (nSPS) is 17.1. The summed E-state index contributed by atoms with van der Waals surface area (Å²) in [5, 5.41) is 0. The third-order valence-corrected chi connectivity index (χ3v) is 4.49. The Balaban J connectivity index is 1.70. The standard InChI is InChI=1S/C19H25N3O/c1-3-4-16-13-20-19(21-14-16)18-7-5-17(6-8-18)15(2)22-9-11-23-12-10-22/h5-8,13-15H,3-4,9-12H2,1-2H3/t15-/m0/s1. The summed E-state index contributed by atoms with van der Waals surface area (Å²) in [4.78, 5) is 11.5. The zero-order valence-corrected chi connectivity index (χ0v) is 14.0. The van der Waals surface area contributed by atoms with E-state index in [0.717, 1.165) is 50.5 Å². The van der Waals surface area contributed by atoms with Crippen molar-refractivity contribution in [1.29, 1.82) is 0 Å². The lowest BCUT2D eigenvalue weighted by Crippen LogP contribution is -2.37. The molecule has 1 aliphatic heterocycles. The van der Waals surface area contributed by atoms with E-state index in [1.807, 2.05) is 12.4 Å². The van der Waals surface area contributed by atoms with Gasteiger partial charge >= 0.3 is 0 Å².